The fraction of sp³-hybridized carbons (Fsp3) is 0.864. The summed E-state index contributed by atoms with van der Waals surface area (Å²) in [6.07, 6.45) is 9.15. The number of aliphatic hydroxyl groups excluding tert-OH is 1. The third kappa shape index (κ3) is 2.09. The van der Waals surface area contributed by atoms with Gasteiger partial charge in [0, 0.05) is 23.2 Å². The molecule has 2 N–H and O–H groups in total. The van der Waals surface area contributed by atoms with Crippen molar-refractivity contribution < 1.29 is 15.0 Å². The number of aliphatic hydroxyl groups is 2. The van der Waals surface area contributed by atoms with Crippen LogP contribution in [0.5, 0.6) is 0 Å². The summed E-state index contributed by atoms with van der Waals surface area (Å²) in [6.45, 7) is 8.45. The average molecular weight is 347 g/mol. The minimum absolute atomic E-state index is 0.112. The van der Waals surface area contributed by atoms with Crippen molar-refractivity contribution in [3.8, 4) is 0 Å². The Morgan fingerprint density at radius 2 is 1.88 bits per heavy atom. The van der Waals surface area contributed by atoms with Crippen LogP contribution in [0.4, 0.5) is 0 Å². The topological polar surface area (TPSA) is 57.5 Å². The normalized spacial score (nSPS) is 58.2. The molecule has 25 heavy (non-hydrogen) atoms. The van der Waals surface area contributed by atoms with E-state index < -0.39 is 5.60 Å². The number of carbonyl (C=O) groups excluding carboxylic acids is 1. The van der Waals surface area contributed by atoms with Crippen molar-refractivity contribution in [3.05, 3.63) is 12.2 Å². The average Bonchev–Trinajstić information content (AvgIpc) is 3.33. The van der Waals surface area contributed by atoms with Gasteiger partial charge in [-0.25, -0.2) is 0 Å². The number of fused-ring (bicyclic) bond motifs is 7. The highest BCUT2D eigenvalue weighted by Gasteiger charge is 2.71. The molecule has 0 aliphatic heterocycles. The van der Waals surface area contributed by atoms with Crippen LogP contribution in [0.3, 0.4) is 0 Å². The molecule has 0 spiro atoms. The zero-order valence-electron chi connectivity index (χ0n) is 16.2. The SMILES string of the molecule is CC.CC12CCC3C(C=CC4(O)CC(O)CCC34C)C1C1CC1C2=O. The highest BCUT2D eigenvalue weighted by Crippen LogP contribution is 2.71. The lowest BCUT2D eigenvalue weighted by atomic mass is 9.45. The van der Waals surface area contributed by atoms with Crippen LogP contribution in [-0.4, -0.2) is 27.7 Å². The summed E-state index contributed by atoms with van der Waals surface area (Å²) in [4.78, 5) is 12.7. The fourth-order valence-corrected chi connectivity index (χ4v) is 7.28. The largest absolute Gasteiger partial charge is 0.393 e. The van der Waals surface area contributed by atoms with Crippen LogP contribution in [0.1, 0.15) is 66.2 Å². The Balaban J connectivity index is 0.000000758. The standard InChI is InChI=1S/C20H28O3.C2H6/c1-18-6-5-15-12(16(18)13-9-14(13)17(18)22)4-8-20(23)10-11(21)3-7-19(15,20)2;1-2/h4,8,11-16,21,23H,3,5-7,9-10H2,1-2H3;1-2H3. The van der Waals surface area contributed by atoms with E-state index in [0.717, 1.165) is 32.1 Å². The molecule has 3 heteroatoms. The lowest BCUT2D eigenvalue weighted by molar-refractivity contribution is -0.169. The third-order valence-corrected chi connectivity index (χ3v) is 8.74. The molecule has 4 saturated carbocycles. The Morgan fingerprint density at radius 3 is 2.60 bits per heavy atom. The molecule has 0 aromatic heterocycles. The minimum Gasteiger partial charge on any atom is -0.393 e. The summed E-state index contributed by atoms with van der Waals surface area (Å²) in [5.74, 6) is 2.87. The summed E-state index contributed by atoms with van der Waals surface area (Å²) in [6, 6.07) is 0. The number of ketones is 1. The van der Waals surface area contributed by atoms with Crippen LogP contribution in [0.25, 0.3) is 0 Å². The fourth-order valence-electron chi connectivity index (χ4n) is 7.28. The first-order chi connectivity index (χ1) is 11.8. The van der Waals surface area contributed by atoms with E-state index in [1.807, 2.05) is 19.9 Å². The maximum absolute atomic E-state index is 12.7. The van der Waals surface area contributed by atoms with Crippen LogP contribution in [0, 0.1) is 40.4 Å². The quantitative estimate of drug-likeness (QED) is 0.657. The third-order valence-electron chi connectivity index (χ3n) is 8.74. The zero-order chi connectivity index (χ0) is 18.2. The second kappa shape index (κ2) is 5.42. The molecule has 5 aliphatic carbocycles. The van der Waals surface area contributed by atoms with Gasteiger partial charge in [-0.1, -0.05) is 39.8 Å². The van der Waals surface area contributed by atoms with Crippen LogP contribution < -0.4 is 0 Å². The van der Waals surface area contributed by atoms with Gasteiger partial charge in [0.15, 0.2) is 0 Å². The molecule has 0 heterocycles. The predicted molar refractivity (Wildman–Crippen MR) is 97.8 cm³/mol. The van der Waals surface area contributed by atoms with E-state index in [-0.39, 0.29) is 16.9 Å². The number of allylic oxidation sites excluding steroid dienone is 1. The van der Waals surface area contributed by atoms with Crippen LogP contribution in [-0.2, 0) is 4.79 Å². The molecule has 0 radical (unpaired) electrons. The first-order valence-electron chi connectivity index (χ1n) is 10.4. The molecule has 4 fully saturated rings. The van der Waals surface area contributed by atoms with E-state index in [0.29, 0.717) is 41.8 Å². The molecule has 5 rings (SSSR count). The molecule has 0 bridgehead atoms. The van der Waals surface area contributed by atoms with Gasteiger partial charge in [-0.2, -0.15) is 0 Å². The Bertz CT molecular complexity index is 612. The predicted octanol–water partition coefficient (Wildman–Crippen LogP) is 3.73. The number of Topliss-reactive ketones (excluding diaryl/α,β-unsaturated/α-hetero) is 1. The molecular weight excluding hydrogens is 312 g/mol. The van der Waals surface area contributed by atoms with Crippen molar-refractivity contribution >= 4 is 5.78 Å². The lowest BCUT2D eigenvalue weighted by Gasteiger charge is -2.61. The van der Waals surface area contributed by atoms with E-state index in [2.05, 4.69) is 19.9 Å². The highest BCUT2D eigenvalue weighted by atomic mass is 16.3. The molecule has 0 aromatic rings. The molecule has 0 amide bonds. The lowest BCUT2D eigenvalue weighted by Crippen LogP contribution is -2.61. The molecule has 0 saturated heterocycles. The number of rotatable bonds is 0. The zero-order valence-corrected chi connectivity index (χ0v) is 16.2. The van der Waals surface area contributed by atoms with Crippen molar-refractivity contribution in [1.29, 1.82) is 0 Å². The van der Waals surface area contributed by atoms with E-state index in [1.165, 1.54) is 0 Å². The monoisotopic (exact) mass is 346 g/mol. The minimum atomic E-state index is -0.870. The second-order valence-electron chi connectivity index (χ2n) is 9.63. The molecule has 9 atom stereocenters. The van der Waals surface area contributed by atoms with Gasteiger partial charge >= 0.3 is 0 Å². The first kappa shape index (κ1) is 17.7. The first-order valence-corrected chi connectivity index (χ1v) is 10.4. The van der Waals surface area contributed by atoms with E-state index >= 15 is 0 Å². The number of hydrogen-bond donors (Lipinski definition) is 2. The van der Waals surface area contributed by atoms with E-state index in [9.17, 15) is 15.0 Å². The molecule has 5 aliphatic rings. The summed E-state index contributed by atoms with van der Waals surface area (Å²) in [5.41, 5.74) is -1.13. The maximum atomic E-state index is 12.7. The van der Waals surface area contributed by atoms with E-state index in [4.69, 9.17) is 0 Å². The molecule has 140 valence electrons. The van der Waals surface area contributed by atoms with Gasteiger partial charge < -0.3 is 10.2 Å². The molecule has 3 nitrogen and oxygen atoms in total. The van der Waals surface area contributed by atoms with Gasteiger partial charge in [-0.3, -0.25) is 4.79 Å². The molecule has 9 unspecified atom stereocenters. The number of carbonyl (C=O) groups is 1. The summed E-state index contributed by atoms with van der Waals surface area (Å²) in [7, 11) is 0. The van der Waals surface area contributed by atoms with Gasteiger partial charge in [-0.15, -0.1) is 0 Å². The highest BCUT2D eigenvalue weighted by molar-refractivity contribution is 5.92. The Labute approximate surface area is 151 Å². The van der Waals surface area contributed by atoms with Gasteiger partial charge in [0.2, 0.25) is 0 Å². The summed E-state index contributed by atoms with van der Waals surface area (Å²) in [5, 5.41) is 21.3. The summed E-state index contributed by atoms with van der Waals surface area (Å²) < 4.78 is 0. The van der Waals surface area contributed by atoms with Crippen molar-refractivity contribution in [2.24, 2.45) is 40.4 Å². The Kier molecular flexibility index (Phi) is 3.84. The smallest absolute Gasteiger partial charge is 0.142 e. The second-order valence-corrected chi connectivity index (χ2v) is 9.63. The van der Waals surface area contributed by atoms with Gasteiger partial charge in [0.05, 0.1) is 11.7 Å². The van der Waals surface area contributed by atoms with Crippen molar-refractivity contribution in [1.82, 2.24) is 0 Å². The van der Waals surface area contributed by atoms with Crippen LogP contribution >= 0.6 is 0 Å². The Morgan fingerprint density at radius 1 is 1.16 bits per heavy atom. The summed E-state index contributed by atoms with van der Waals surface area (Å²) >= 11 is 0. The van der Waals surface area contributed by atoms with Crippen LogP contribution in [0.15, 0.2) is 12.2 Å². The molecular formula is C22H34O3. The Hall–Kier alpha value is -0.670. The van der Waals surface area contributed by atoms with Gasteiger partial charge in [0.1, 0.15) is 5.78 Å². The van der Waals surface area contributed by atoms with Crippen molar-refractivity contribution in [2.75, 3.05) is 0 Å². The van der Waals surface area contributed by atoms with Gasteiger partial charge in [-0.05, 0) is 55.8 Å². The maximum Gasteiger partial charge on any atom is 0.142 e. The molecule has 0 aromatic carbocycles. The van der Waals surface area contributed by atoms with Crippen molar-refractivity contribution in [2.45, 2.75) is 77.9 Å². The number of hydrogen-bond acceptors (Lipinski definition) is 3. The van der Waals surface area contributed by atoms with Gasteiger partial charge in [0.25, 0.3) is 0 Å². The van der Waals surface area contributed by atoms with E-state index in [1.54, 1.807) is 0 Å². The van der Waals surface area contributed by atoms with Crippen molar-refractivity contribution in [3.63, 3.8) is 0 Å². The van der Waals surface area contributed by atoms with Crippen LogP contribution in [0.2, 0.25) is 0 Å².